The van der Waals surface area contributed by atoms with Crippen LogP contribution in [0.25, 0.3) is 0 Å². The first kappa shape index (κ1) is 50.3. The van der Waals surface area contributed by atoms with E-state index in [1.807, 2.05) is 0 Å². The van der Waals surface area contributed by atoms with Gasteiger partial charge in [-0.25, -0.2) is 0 Å². The van der Waals surface area contributed by atoms with Crippen LogP contribution in [-0.2, 0) is 14.3 Å². The lowest BCUT2D eigenvalue weighted by molar-refractivity contribution is -0.124. The van der Waals surface area contributed by atoms with Crippen molar-refractivity contribution in [3.63, 3.8) is 0 Å². The summed E-state index contributed by atoms with van der Waals surface area (Å²) < 4.78 is 12.1. The van der Waals surface area contributed by atoms with Gasteiger partial charge in [-0.1, -0.05) is 213 Å². The molecule has 6 heteroatoms. The van der Waals surface area contributed by atoms with Crippen LogP contribution in [0.5, 0.6) is 0 Å². The van der Waals surface area contributed by atoms with Gasteiger partial charge < -0.3 is 26.3 Å². The predicted octanol–water partition coefficient (Wildman–Crippen LogP) is 12.5. The summed E-state index contributed by atoms with van der Waals surface area (Å²) in [5.41, 5.74) is 11.8. The van der Waals surface area contributed by atoms with Crippen molar-refractivity contribution >= 4 is 5.91 Å². The molecule has 0 fully saturated rings. The van der Waals surface area contributed by atoms with Crippen molar-refractivity contribution in [2.45, 2.75) is 251 Å². The second kappa shape index (κ2) is 43.7. The van der Waals surface area contributed by atoms with E-state index in [4.69, 9.17) is 20.9 Å². The topological polar surface area (TPSA) is 99.6 Å². The van der Waals surface area contributed by atoms with Crippen LogP contribution in [0.3, 0.4) is 0 Å². The molecule has 1 atom stereocenters. The highest BCUT2D eigenvalue weighted by molar-refractivity contribution is 5.81. The minimum absolute atomic E-state index is 0.103. The molecular formula is C45H93N3O3. The normalized spacial score (nSPS) is 12.3. The van der Waals surface area contributed by atoms with Gasteiger partial charge in [-0.3, -0.25) is 4.79 Å². The molecule has 0 aromatic rings. The fourth-order valence-electron chi connectivity index (χ4n) is 7.03. The molecule has 0 bridgehead atoms. The van der Waals surface area contributed by atoms with Gasteiger partial charge in [0.25, 0.3) is 0 Å². The molecule has 0 aliphatic carbocycles. The summed E-state index contributed by atoms with van der Waals surface area (Å²) in [5.74, 6) is -0.103. The van der Waals surface area contributed by atoms with Crippen LogP contribution < -0.4 is 16.8 Å². The van der Waals surface area contributed by atoms with Gasteiger partial charge in [0.05, 0.1) is 25.3 Å². The monoisotopic (exact) mass is 724 g/mol. The Balaban J connectivity index is 3.90. The standard InChI is InChI=1S/C45H93N3O3/c1-3-5-7-9-11-13-15-17-19-21-23-25-27-29-31-35-39-50-41-43(48-45(49)44(47)37-33-34-38-46)42-51-40-36-32-30-28-26-24-22-20-18-16-14-12-10-8-6-4-2/h43-44H,3-42,46-47H2,1-2H3,(H,48,49). The molecule has 0 heterocycles. The van der Waals surface area contributed by atoms with Crippen LogP contribution >= 0.6 is 0 Å². The molecule has 0 radical (unpaired) electrons. The number of nitrogens with one attached hydrogen (secondary N) is 1. The van der Waals surface area contributed by atoms with Crippen molar-refractivity contribution in [1.82, 2.24) is 5.32 Å². The smallest absolute Gasteiger partial charge is 0.237 e. The quantitative estimate of drug-likeness (QED) is 0.0543. The SMILES string of the molecule is CCCCCCCCCCCCCCCCCCOCC(COCCCCCCCCCCCCCCCCCC)NC(=O)C(N)CCCCN. The summed E-state index contributed by atoms with van der Waals surface area (Å²) in [6, 6.07) is -0.653. The number of hydrogen-bond acceptors (Lipinski definition) is 5. The molecule has 6 nitrogen and oxygen atoms in total. The number of hydrogen-bond donors (Lipinski definition) is 3. The Bertz CT molecular complexity index is 625. The summed E-state index contributed by atoms with van der Waals surface area (Å²) in [6.45, 7) is 7.67. The van der Waals surface area contributed by atoms with Crippen LogP contribution in [0.15, 0.2) is 0 Å². The molecule has 51 heavy (non-hydrogen) atoms. The second-order valence-electron chi connectivity index (χ2n) is 15.9. The molecule has 0 saturated heterocycles. The molecular weight excluding hydrogens is 631 g/mol. The number of ether oxygens (including phenoxy) is 2. The largest absolute Gasteiger partial charge is 0.379 e. The van der Waals surface area contributed by atoms with Crippen molar-refractivity contribution in [3.05, 3.63) is 0 Å². The average molecular weight is 724 g/mol. The lowest BCUT2D eigenvalue weighted by Gasteiger charge is -2.21. The maximum absolute atomic E-state index is 12.8. The first-order valence-electron chi connectivity index (χ1n) is 23.1. The van der Waals surface area contributed by atoms with E-state index in [9.17, 15) is 4.79 Å². The minimum atomic E-state index is -0.500. The fourth-order valence-corrected chi connectivity index (χ4v) is 7.03. The van der Waals surface area contributed by atoms with Crippen LogP contribution in [0.4, 0.5) is 0 Å². The zero-order valence-corrected chi connectivity index (χ0v) is 34.8. The molecule has 5 N–H and O–H groups in total. The maximum atomic E-state index is 12.8. The van der Waals surface area contributed by atoms with Gasteiger partial charge in [-0.05, 0) is 32.2 Å². The summed E-state index contributed by atoms with van der Waals surface area (Å²) in [4.78, 5) is 12.8. The third-order valence-electron chi connectivity index (χ3n) is 10.6. The van der Waals surface area contributed by atoms with Crippen molar-refractivity contribution in [1.29, 1.82) is 0 Å². The van der Waals surface area contributed by atoms with Crippen LogP contribution in [0.1, 0.15) is 239 Å². The third-order valence-corrected chi connectivity index (χ3v) is 10.6. The number of carbonyl (C=O) groups excluding carboxylic acids is 1. The summed E-state index contributed by atoms with van der Waals surface area (Å²) in [5, 5.41) is 3.11. The molecule has 0 rings (SSSR count). The predicted molar refractivity (Wildman–Crippen MR) is 224 cm³/mol. The highest BCUT2D eigenvalue weighted by Crippen LogP contribution is 2.15. The molecule has 0 aromatic heterocycles. The van der Waals surface area contributed by atoms with Gasteiger partial charge in [-0.2, -0.15) is 0 Å². The van der Waals surface area contributed by atoms with Gasteiger partial charge in [-0.15, -0.1) is 0 Å². The van der Waals surface area contributed by atoms with Crippen molar-refractivity contribution in [3.8, 4) is 0 Å². The maximum Gasteiger partial charge on any atom is 0.237 e. The number of nitrogens with two attached hydrogens (primary N) is 2. The summed E-state index contributed by atoms with van der Waals surface area (Å²) >= 11 is 0. The van der Waals surface area contributed by atoms with Gasteiger partial charge >= 0.3 is 0 Å². The second-order valence-corrected chi connectivity index (χ2v) is 15.9. The molecule has 0 spiro atoms. The van der Waals surface area contributed by atoms with Gasteiger partial charge in [0.2, 0.25) is 5.91 Å². The third kappa shape index (κ3) is 40.3. The van der Waals surface area contributed by atoms with E-state index in [-0.39, 0.29) is 11.9 Å². The Labute approximate surface area is 319 Å². The van der Waals surface area contributed by atoms with E-state index in [0.717, 1.165) is 38.9 Å². The zero-order chi connectivity index (χ0) is 37.1. The first-order valence-corrected chi connectivity index (χ1v) is 23.1. The summed E-state index contributed by atoms with van der Waals surface area (Å²) in [6.07, 6.45) is 46.2. The van der Waals surface area contributed by atoms with E-state index < -0.39 is 6.04 Å². The molecule has 1 amide bonds. The van der Waals surface area contributed by atoms with E-state index in [1.165, 1.54) is 193 Å². The van der Waals surface area contributed by atoms with E-state index in [2.05, 4.69) is 19.2 Å². The molecule has 0 aliphatic heterocycles. The van der Waals surface area contributed by atoms with E-state index in [0.29, 0.717) is 26.2 Å². The van der Waals surface area contributed by atoms with Crippen LogP contribution in [0, 0.1) is 0 Å². The van der Waals surface area contributed by atoms with Crippen molar-refractivity contribution in [2.24, 2.45) is 11.5 Å². The number of unbranched alkanes of at least 4 members (excludes halogenated alkanes) is 31. The molecule has 0 saturated carbocycles. The van der Waals surface area contributed by atoms with Crippen LogP contribution in [0.2, 0.25) is 0 Å². The highest BCUT2D eigenvalue weighted by Gasteiger charge is 2.18. The fraction of sp³-hybridized carbons (Fsp3) is 0.978. The Kier molecular flexibility index (Phi) is 43.1. The average Bonchev–Trinajstić information content (AvgIpc) is 3.13. The molecule has 0 aromatic carbocycles. The Morgan fingerprint density at radius 3 is 1.04 bits per heavy atom. The molecule has 306 valence electrons. The highest BCUT2D eigenvalue weighted by atomic mass is 16.5. The van der Waals surface area contributed by atoms with Crippen molar-refractivity contribution in [2.75, 3.05) is 33.0 Å². The Hall–Kier alpha value is -0.690. The first-order chi connectivity index (χ1) is 25.2. The van der Waals surface area contributed by atoms with Crippen LogP contribution in [-0.4, -0.2) is 51.0 Å². The van der Waals surface area contributed by atoms with Gasteiger partial charge in [0, 0.05) is 13.2 Å². The van der Waals surface area contributed by atoms with Crippen molar-refractivity contribution < 1.29 is 14.3 Å². The lowest BCUT2D eigenvalue weighted by Crippen LogP contribution is -2.49. The lowest BCUT2D eigenvalue weighted by atomic mass is 10.0. The number of rotatable bonds is 44. The van der Waals surface area contributed by atoms with E-state index >= 15 is 0 Å². The summed E-state index contributed by atoms with van der Waals surface area (Å²) in [7, 11) is 0. The zero-order valence-electron chi connectivity index (χ0n) is 34.8. The molecule has 1 unspecified atom stereocenters. The Morgan fingerprint density at radius 1 is 0.451 bits per heavy atom. The van der Waals surface area contributed by atoms with E-state index in [1.54, 1.807) is 0 Å². The molecule has 0 aliphatic rings. The number of carbonyl (C=O) groups is 1. The Morgan fingerprint density at radius 2 is 0.745 bits per heavy atom. The minimum Gasteiger partial charge on any atom is -0.379 e. The van der Waals surface area contributed by atoms with Gasteiger partial charge in [0.1, 0.15) is 0 Å². The van der Waals surface area contributed by atoms with Gasteiger partial charge in [0.15, 0.2) is 0 Å². The number of amides is 1.